The van der Waals surface area contributed by atoms with Gasteiger partial charge in [0.2, 0.25) is 0 Å². The summed E-state index contributed by atoms with van der Waals surface area (Å²) in [6, 6.07) is 19.9. The quantitative estimate of drug-likeness (QED) is 0.622. The van der Waals surface area contributed by atoms with Gasteiger partial charge in [0, 0.05) is 29.3 Å². The van der Waals surface area contributed by atoms with Crippen LogP contribution in [0.25, 0.3) is 0 Å². The molecule has 0 unspecified atom stereocenters. The van der Waals surface area contributed by atoms with Crippen molar-refractivity contribution in [3.63, 3.8) is 0 Å². The van der Waals surface area contributed by atoms with Crippen molar-refractivity contribution in [3.05, 3.63) is 88.9 Å². The van der Waals surface area contributed by atoms with Crippen LogP contribution < -0.4 is 10.6 Å². The first kappa shape index (κ1) is 20.2. The lowest BCUT2D eigenvalue weighted by Crippen LogP contribution is -2.39. The number of esters is 1. The fraction of sp³-hybridized carbons (Fsp3) is 0.250. The summed E-state index contributed by atoms with van der Waals surface area (Å²) in [5.74, 6) is -0.505. The van der Waals surface area contributed by atoms with E-state index in [9.17, 15) is 10.1 Å². The van der Waals surface area contributed by atoms with Gasteiger partial charge in [-0.25, -0.2) is 4.79 Å². The van der Waals surface area contributed by atoms with Crippen molar-refractivity contribution < 1.29 is 9.53 Å². The van der Waals surface area contributed by atoms with Gasteiger partial charge in [0.15, 0.2) is 0 Å². The third-order valence-electron chi connectivity index (χ3n) is 5.18. The number of carbonyl (C=O) groups excluding carboxylic acids is 1. The van der Waals surface area contributed by atoms with Gasteiger partial charge in [-0.1, -0.05) is 55.0 Å². The van der Waals surface area contributed by atoms with Gasteiger partial charge >= 0.3 is 5.97 Å². The van der Waals surface area contributed by atoms with Crippen molar-refractivity contribution in [3.8, 4) is 6.07 Å². The zero-order valence-corrected chi connectivity index (χ0v) is 16.9. The van der Waals surface area contributed by atoms with Crippen molar-refractivity contribution in [1.29, 1.82) is 5.26 Å². The number of carbonyl (C=O) groups is 1. The zero-order valence-electron chi connectivity index (χ0n) is 16.9. The van der Waals surface area contributed by atoms with Crippen molar-refractivity contribution >= 4 is 11.7 Å². The van der Waals surface area contributed by atoms with Gasteiger partial charge in [0.25, 0.3) is 0 Å². The molecule has 5 heteroatoms. The van der Waals surface area contributed by atoms with Crippen LogP contribution in [0.15, 0.2) is 77.8 Å². The average Bonchev–Trinajstić information content (AvgIpc) is 2.72. The van der Waals surface area contributed by atoms with E-state index in [2.05, 4.69) is 6.07 Å². The second-order valence-corrected chi connectivity index (χ2v) is 7.08. The number of ether oxygens (including phenoxy) is 1. The minimum absolute atomic E-state index is 0.163. The molecule has 0 spiro atoms. The minimum Gasteiger partial charge on any atom is -0.463 e. The van der Waals surface area contributed by atoms with E-state index >= 15 is 0 Å². The number of nitrogens with two attached hydrogens (primary N) is 1. The first-order valence-corrected chi connectivity index (χ1v) is 9.67. The van der Waals surface area contributed by atoms with Crippen molar-refractivity contribution in [1.82, 2.24) is 0 Å². The van der Waals surface area contributed by atoms with Crippen LogP contribution >= 0.6 is 0 Å². The Hall–Kier alpha value is -3.52. The van der Waals surface area contributed by atoms with Gasteiger partial charge < -0.3 is 10.5 Å². The maximum atomic E-state index is 12.3. The number of nitrogens with zero attached hydrogens (tertiary/aromatic N) is 2. The Kier molecular flexibility index (Phi) is 6.04. The molecule has 2 atom stereocenters. The van der Waals surface area contributed by atoms with Crippen LogP contribution in [-0.2, 0) is 9.53 Å². The molecule has 1 heterocycles. The molecule has 0 amide bonds. The summed E-state index contributed by atoms with van der Waals surface area (Å²) in [7, 11) is 0. The molecule has 0 saturated carbocycles. The molecule has 0 radical (unpaired) electrons. The lowest BCUT2D eigenvalue weighted by Gasteiger charge is -2.40. The molecule has 0 aromatic heterocycles. The smallest absolute Gasteiger partial charge is 0.332 e. The summed E-state index contributed by atoms with van der Waals surface area (Å²) in [6.45, 7) is 6.09. The van der Waals surface area contributed by atoms with Gasteiger partial charge in [-0.15, -0.1) is 0 Å². The summed E-state index contributed by atoms with van der Waals surface area (Å²) in [5, 5.41) is 9.96. The molecular formula is C24H25N3O2. The molecule has 0 fully saturated rings. The maximum absolute atomic E-state index is 12.3. The number of benzene rings is 2. The van der Waals surface area contributed by atoms with E-state index in [4.69, 9.17) is 10.5 Å². The minimum atomic E-state index is -0.425. The Morgan fingerprint density at radius 2 is 1.86 bits per heavy atom. The Morgan fingerprint density at radius 3 is 2.45 bits per heavy atom. The first-order chi connectivity index (χ1) is 14.0. The number of nitriles is 1. The van der Waals surface area contributed by atoms with Crippen LogP contribution in [0.2, 0.25) is 0 Å². The summed E-state index contributed by atoms with van der Waals surface area (Å²) in [6.07, 6.45) is 1.49. The van der Waals surface area contributed by atoms with E-state index in [0.717, 1.165) is 16.8 Å². The third kappa shape index (κ3) is 4.02. The van der Waals surface area contributed by atoms with Crippen LogP contribution in [0.5, 0.6) is 0 Å². The second kappa shape index (κ2) is 8.66. The fourth-order valence-electron chi connectivity index (χ4n) is 3.77. The molecule has 1 aliphatic rings. The molecule has 2 N–H and O–H groups in total. The number of aryl methyl sites for hydroxylation is 1. The third-order valence-corrected chi connectivity index (χ3v) is 5.18. The van der Waals surface area contributed by atoms with Crippen LogP contribution in [0.3, 0.4) is 0 Å². The fourth-order valence-corrected chi connectivity index (χ4v) is 3.77. The van der Waals surface area contributed by atoms with Crippen molar-refractivity contribution in [2.24, 2.45) is 11.7 Å². The summed E-state index contributed by atoms with van der Waals surface area (Å²) >= 11 is 0. The largest absolute Gasteiger partial charge is 0.463 e. The van der Waals surface area contributed by atoms with Gasteiger partial charge in [-0.05, 0) is 31.5 Å². The highest BCUT2D eigenvalue weighted by atomic mass is 16.5. The highest BCUT2D eigenvalue weighted by Crippen LogP contribution is 2.44. The highest BCUT2D eigenvalue weighted by Gasteiger charge is 2.38. The van der Waals surface area contributed by atoms with Crippen LogP contribution in [0.4, 0.5) is 5.69 Å². The summed E-state index contributed by atoms with van der Waals surface area (Å²) in [4.78, 5) is 14.1. The zero-order chi connectivity index (χ0) is 21.0. The number of para-hydroxylation sites is 1. The lowest BCUT2D eigenvalue weighted by atomic mass is 9.76. The van der Waals surface area contributed by atoms with Gasteiger partial charge in [-0.2, -0.15) is 5.26 Å². The molecule has 0 saturated heterocycles. The number of hydrogen-bond donors (Lipinski definition) is 1. The van der Waals surface area contributed by atoms with Gasteiger partial charge in [-0.3, -0.25) is 4.90 Å². The molecule has 0 aliphatic carbocycles. The predicted octanol–water partition coefficient (Wildman–Crippen LogP) is 4.38. The van der Waals surface area contributed by atoms with E-state index in [1.54, 1.807) is 11.8 Å². The normalized spacial score (nSPS) is 20.5. The highest BCUT2D eigenvalue weighted by molar-refractivity contribution is 5.85. The summed E-state index contributed by atoms with van der Waals surface area (Å²) in [5.41, 5.74) is 10.6. The topological polar surface area (TPSA) is 79.3 Å². The van der Waals surface area contributed by atoms with Crippen LogP contribution in [-0.4, -0.2) is 12.6 Å². The molecule has 2 aromatic rings. The van der Waals surface area contributed by atoms with E-state index < -0.39 is 5.97 Å². The number of hydrogen-bond acceptors (Lipinski definition) is 5. The lowest BCUT2D eigenvalue weighted by molar-refractivity contribution is -0.137. The number of allylic oxidation sites excluding steroid dienone is 2. The standard InChI is InChI=1S/C24H25N3O2/c1-4-29-22(28)14-21-17(3)23(18-12-10-16(2)11-13-18)20(15-25)24(26)27(21)19-8-6-5-7-9-19/h5-14,17,23H,4,26H2,1-3H3/b21-14+/t17-,23-/m0/s1. The van der Waals surface area contributed by atoms with E-state index in [0.29, 0.717) is 23.7 Å². The monoisotopic (exact) mass is 387 g/mol. The molecule has 5 nitrogen and oxygen atoms in total. The molecule has 1 aliphatic heterocycles. The van der Waals surface area contributed by atoms with Crippen LogP contribution in [0.1, 0.15) is 30.9 Å². The maximum Gasteiger partial charge on any atom is 0.332 e. The SMILES string of the molecule is CCOC(=O)/C=C1\[C@H](C)[C@@H](c2ccc(C)cc2)C(C#N)=C(N)N1c1ccccc1. The van der Waals surface area contributed by atoms with Crippen molar-refractivity contribution in [2.45, 2.75) is 26.7 Å². The van der Waals surface area contributed by atoms with E-state index in [1.165, 1.54) is 6.08 Å². The number of rotatable bonds is 4. The van der Waals surface area contributed by atoms with E-state index in [1.807, 2.05) is 68.4 Å². The van der Waals surface area contributed by atoms with Gasteiger partial charge in [0.1, 0.15) is 5.82 Å². The predicted molar refractivity (Wildman–Crippen MR) is 114 cm³/mol. The van der Waals surface area contributed by atoms with Gasteiger partial charge in [0.05, 0.1) is 18.2 Å². The Bertz CT molecular complexity index is 985. The second-order valence-electron chi connectivity index (χ2n) is 7.08. The first-order valence-electron chi connectivity index (χ1n) is 9.67. The van der Waals surface area contributed by atoms with E-state index in [-0.39, 0.29) is 11.8 Å². The van der Waals surface area contributed by atoms with Crippen molar-refractivity contribution in [2.75, 3.05) is 11.5 Å². The molecular weight excluding hydrogens is 362 g/mol. The molecule has 0 bridgehead atoms. The molecule has 148 valence electrons. The Labute approximate surface area is 171 Å². The average molecular weight is 387 g/mol. The number of anilines is 1. The van der Waals surface area contributed by atoms with Crippen LogP contribution in [0, 0.1) is 24.2 Å². The molecule has 3 rings (SSSR count). The molecule has 29 heavy (non-hydrogen) atoms. The summed E-state index contributed by atoms with van der Waals surface area (Å²) < 4.78 is 5.16. The molecule has 2 aromatic carbocycles. The Balaban J connectivity index is 2.21. The Morgan fingerprint density at radius 1 is 1.21 bits per heavy atom.